The first-order valence-corrected chi connectivity index (χ1v) is 14.5. The third kappa shape index (κ3) is 12.9. The van der Waals surface area contributed by atoms with E-state index in [1.807, 2.05) is 41.5 Å². The Morgan fingerprint density at radius 2 is 0.750 bits per heavy atom. The van der Waals surface area contributed by atoms with E-state index in [-0.39, 0.29) is 12.4 Å². The second-order valence-corrected chi connectivity index (χ2v) is 11.4. The molecule has 0 amide bonds. The van der Waals surface area contributed by atoms with Crippen molar-refractivity contribution in [3.8, 4) is 0 Å². The third-order valence-electron chi connectivity index (χ3n) is 3.86. The lowest BCUT2D eigenvalue weighted by molar-refractivity contribution is 0.0705. The molecule has 0 aromatic heterocycles. The van der Waals surface area contributed by atoms with E-state index in [0.29, 0.717) is 39.6 Å². The topological polar surface area (TPSA) is 67.4 Å². The Balaban J connectivity index is 0. The molecule has 0 aliphatic carbocycles. The van der Waals surface area contributed by atoms with Crippen LogP contribution in [0.25, 0.3) is 0 Å². The average Bonchev–Trinajstić information content (AvgIpc) is 2.62. The highest BCUT2D eigenvalue weighted by atomic mass is 35.5. The lowest BCUT2D eigenvalue weighted by Gasteiger charge is -2.29. The van der Waals surface area contributed by atoms with Gasteiger partial charge in [-0.1, -0.05) is 0 Å². The molecule has 0 spiro atoms. The second kappa shape index (κ2) is 19.4. The molecule has 1 N–H and O–H groups in total. The molecule has 0 fully saturated rings. The molecule has 10 heteroatoms. The smallest absolute Gasteiger partial charge is 0.374 e. The van der Waals surface area contributed by atoms with Gasteiger partial charge in [0.05, 0.1) is 0 Å². The monoisotopic (exact) mass is 461 g/mol. The van der Waals surface area contributed by atoms with Crippen LogP contribution in [0.2, 0.25) is 12.1 Å². The summed E-state index contributed by atoms with van der Waals surface area (Å²) < 4.78 is 35.3. The summed E-state index contributed by atoms with van der Waals surface area (Å²) in [6.45, 7) is 17.5. The molecule has 0 atom stereocenters. The molecular formula is C18H44ClNO6Si2. The van der Waals surface area contributed by atoms with Crippen molar-refractivity contribution >= 4 is 30.0 Å². The quantitative estimate of drug-likeness (QED) is 0.218. The summed E-state index contributed by atoms with van der Waals surface area (Å²) in [5.74, 6) is 0. The fraction of sp³-hybridized carbons (Fsp3) is 1.00. The summed E-state index contributed by atoms with van der Waals surface area (Å²) in [4.78, 5) is 0. The van der Waals surface area contributed by atoms with Gasteiger partial charge in [0, 0.05) is 51.7 Å². The van der Waals surface area contributed by atoms with Gasteiger partial charge in [-0.05, 0) is 67.5 Å². The van der Waals surface area contributed by atoms with Gasteiger partial charge in [0.15, 0.2) is 0 Å². The van der Waals surface area contributed by atoms with Crippen molar-refractivity contribution in [3.63, 3.8) is 0 Å². The van der Waals surface area contributed by atoms with E-state index in [2.05, 4.69) is 5.32 Å². The van der Waals surface area contributed by atoms with Gasteiger partial charge < -0.3 is 31.9 Å². The van der Waals surface area contributed by atoms with E-state index in [4.69, 9.17) is 26.6 Å². The number of hydrogen-bond acceptors (Lipinski definition) is 7. The van der Waals surface area contributed by atoms with Crippen molar-refractivity contribution in [1.82, 2.24) is 5.32 Å². The van der Waals surface area contributed by atoms with Gasteiger partial charge in [-0.2, -0.15) is 0 Å². The van der Waals surface area contributed by atoms with Gasteiger partial charge in [0.2, 0.25) is 0 Å². The van der Waals surface area contributed by atoms with E-state index in [9.17, 15) is 0 Å². The molecule has 0 heterocycles. The van der Waals surface area contributed by atoms with Gasteiger partial charge in [-0.25, -0.2) is 0 Å². The molecule has 0 aromatic rings. The summed E-state index contributed by atoms with van der Waals surface area (Å²) in [5.41, 5.74) is 0. The molecule has 0 aromatic carbocycles. The molecule has 28 heavy (non-hydrogen) atoms. The van der Waals surface area contributed by atoms with Crippen LogP contribution in [0.5, 0.6) is 0 Å². The van der Waals surface area contributed by atoms with Crippen LogP contribution < -0.4 is 5.32 Å². The van der Waals surface area contributed by atoms with Gasteiger partial charge in [0.25, 0.3) is 0 Å². The molecule has 0 unspecified atom stereocenters. The van der Waals surface area contributed by atoms with Crippen molar-refractivity contribution < 1.29 is 26.6 Å². The zero-order chi connectivity index (χ0) is 20.4. The van der Waals surface area contributed by atoms with Crippen LogP contribution in [0.4, 0.5) is 0 Å². The zero-order valence-corrected chi connectivity index (χ0v) is 21.7. The summed E-state index contributed by atoms with van der Waals surface area (Å²) in [6.07, 6.45) is 1.94. The summed E-state index contributed by atoms with van der Waals surface area (Å²) in [6, 6.07) is 1.68. The predicted molar refractivity (Wildman–Crippen MR) is 120 cm³/mol. The van der Waals surface area contributed by atoms with E-state index >= 15 is 0 Å². The molecule has 0 saturated carbocycles. The standard InChI is InChI=1S/C18H43NO6Si2.ClH/c1-7-20-26(21-8-2,22-9-3)17-13-15-19-16-14-18-27(23-10-4,24-11-5)25-12-6;/h19H,7-18H2,1-6H3;1H. The normalized spacial score (nSPS) is 12.2. The number of rotatable bonds is 20. The maximum atomic E-state index is 5.89. The average molecular weight is 462 g/mol. The minimum atomic E-state index is -2.52. The maximum Gasteiger partial charge on any atom is 0.500 e. The largest absolute Gasteiger partial charge is 0.500 e. The fourth-order valence-electron chi connectivity index (χ4n) is 2.99. The molecule has 0 saturated heterocycles. The van der Waals surface area contributed by atoms with E-state index < -0.39 is 17.6 Å². The van der Waals surface area contributed by atoms with E-state index in [0.717, 1.165) is 38.0 Å². The highest BCUT2D eigenvalue weighted by Crippen LogP contribution is 2.19. The van der Waals surface area contributed by atoms with Crippen LogP contribution >= 0.6 is 12.4 Å². The van der Waals surface area contributed by atoms with Gasteiger partial charge in [-0.3, -0.25) is 0 Å². The predicted octanol–water partition coefficient (Wildman–Crippen LogP) is 3.87. The Morgan fingerprint density at radius 3 is 0.964 bits per heavy atom. The summed E-state index contributed by atoms with van der Waals surface area (Å²) >= 11 is 0. The first-order valence-electron chi connectivity index (χ1n) is 10.6. The van der Waals surface area contributed by atoms with Crippen molar-refractivity contribution in [2.45, 2.75) is 66.5 Å². The van der Waals surface area contributed by atoms with Crippen LogP contribution in [0.3, 0.4) is 0 Å². The van der Waals surface area contributed by atoms with Gasteiger partial charge >= 0.3 is 17.6 Å². The highest BCUT2D eigenvalue weighted by molar-refractivity contribution is 6.61. The van der Waals surface area contributed by atoms with Gasteiger partial charge in [-0.15, -0.1) is 12.4 Å². The molecule has 0 aliphatic rings. The van der Waals surface area contributed by atoms with Crippen LogP contribution in [-0.2, 0) is 26.6 Å². The Bertz CT molecular complexity index is 281. The zero-order valence-electron chi connectivity index (χ0n) is 18.8. The maximum absolute atomic E-state index is 5.89. The van der Waals surface area contributed by atoms with Crippen molar-refractivity contribution in [1.29, 1.82) is 0 Å². The van der Waals surface area contributed by atoms with Crippen LogP contribution in [0.1, 0.15) is 54.4 Å². The lowest BCUT2D eigenvalue weighted by atomic mass is 10.4. The highest BCUT2D eigenvalue weighted by Gasteiger charge is 2.40. The minimum absolute atomic E-state index is 0. The molecule has 7 nitrogen and oxygen atoms in total. The second-order valence-electron chi connectivity index (χ2n) is 5.92. The van der Waals surface area contributed by atoms with Crippen molar-refractivity contribution in [2.75, 3.05) is 52.7 Å². The number of hydrogen-bond donors (Lipinski definition) is 1. The van der Waals surface area contributed by atoms with Crippen molar-refractivity contribution in [3.05, 3.63) is 0 Å². The SMILES string of the molecule is CCO[Si](CCCNCCC[Si](OCC)(OCC)OCC)(OCC)OCC.Cl. The molecular weight excluding hydrogens is 418 g/mol. The Hall–Kier alpha value is 0.444. The molecule has 0 radical (unpaired) electrons. The van der Waals surface area contributed by atoms with Crippen LogP contribution in [0, 0.1) is 0 Å². The number of halogens is 1. The molecule has 0 bridgehead atoms. The van der Waals surface area contributed by atoms with Crippen LogP contribution in [0.15, 0.2) is 0 Å². The Morgan fingerprint density at radius 1 is 0.500 bits per heavy atom. The van der Waals surface area contributed by atoms with Gasteiger partial charge in [0.1, 0.15) is 0 Å². The van der Waals surface area contributed by atoms with Crippen LogP contribution in [-0.4, -0.2) is 70.3 Å². The first kappa shape index (κ1) is 30.6. The lowest BCUT2D eigenvalue weighted by Crippen LogP contribution is -2.46. The fourth-order valence-corrected chi connectivity index (χ4v) is 8.21. The molecule has 0 aliphatic heterocycles. The molecule has 172 valence electrons. The Kier molecular flexibility index (Phi) is 21.2. The number of nitrogens with one attached hydrogen (secondary N) is 1. The summed E-state index contributed by atoms with van der Waals surface area (Å²) in [7, 11) is -5.04. The van der Waals surface area contributed by atoms with Crippen molar-refractivity contribution in [2.24, 2.45) is 0 Å². The summed E-state index contributed by atoms with van der Waals surface area (Å²) in [5, 5.41) is 3.49. The Labute approximate surface area is 181 Å². The minimum Gasteiger partial charge on any atom is -0.374 e. The molecule has 0 rings (SSSR count). The third-order valence-corrected chi connectivity index (χ3v) is 10.2. The van der Waals surface area contributed by atoms with E-state index in [1.54, 1.807) is 0 Å². The van der Waals surface area contributed by atoms with E-state index in [1.165, 1.54) is 0 Å². The first-order chi connectivity index (χ1) is 13.1.